The Morgan fingerprint density at radius 3 is 2.14 bits per heavy atom. The van der Waals surface area contributed by atoms with Crippen molar-refractivity contribution in [3.8, 4) is 34.0 Å². The lowest BCUT2D eigenvalue weighted by Gasteiger charge is -2.12. The van der Waals surface area contributed by atoms with Crippen LogP contribution in [0, 0.1) is 5.92 Å². The number of thioether (sulfide) groups is 1. The third-order valence-corrected chi connectivity index (χ3v) is 6.86. The van der Waals surface area contributed by atoms with E-state index in [1.807, 2.05) is 36.4 Å². The van der Waals surface area contributed by atoms with Gasteiger partial charge in [-0.2, -0.15) is 0 Å². The van der Waals surface area contributed by atoms with Gasteiger partial charge in [-0.25, -0.2) is 4.98 Å². The normalized spacial score (nSPS) is 11.0. The molecule has 7 heteroatoms. The standard InChI is InChI=1S/C28H37N3O3S/c1-6-31-27(22-11-15-24(34-5)16-12-22)26(21-9-13-23(33-4)14-10-21)30-28(31)35-19-7-8-25(32)29-18-17-20(2)3/h9-16,20H,6-8,17-19H2,1-5H3,(H,29,32). The monoisotopic (exact) mass is 495 g/mol. The van der Waals surface area contributed by atoms with Crippen molar-refractivity contribution in [1.29, 1.82) is 0 Å². The molecule has 0 spiro atoms. The molecule has 0 aliphatic carbocycles. The number of hydrogen-bond acceptors (Lipinski definition) is 5. The number of amides is 1. The van der Waals surface area contributed by atoms with Crippen molar-refractivity contribution in [3.63, 3.8) is 0 Å². The Morgan fingerprint density at radius 2 is 1.60 bits per heavy atom. The van der Waals surface area contributed by atoms with E-state index in [1.54, 1.807) is 26.0 Å². The zero-order valence-electron chi connectivity index (χ0n) is 21.5. The first-order valence-electron chi connectivity index (χ1n) is 12.3. The van der Waals surface area contributed by atoms with E-state index >= 15 is 0 Å². The Balaban J connectivity index is 1.81. The molecule has 1 amide bonds. The van der Waals surface area contributed by atoms with Gasteiger partial charge in [0, 0.05) is 36.4 Å². The molecule has 0 aliphatic heterocycles. The molecule has 1 aromatic heterocycles. The maximum absolute atomic E-state index is 12.1. The van der Waals surface area contributed by atoms with Crippen molar-refractivity contribution in [2.75, 3.05) is 26.5 Å². The van der Waals surface area contributed by atoms with Crippen LogP contribution in [0.1, 0.15) is 40.0 Å². The molecule has 0 unspecified atom stereocenters. The van der Waals surface area contributed by atoms with Crippen molar-refractivity contribution >= 4 is 17.7 Å². The van der Waals surface area contributed by atoms with Crippen LogP contribution in [0.2, 0.25) is 0 Å². The Bertz CT molecular complexity index is 1080. The Morgan fingerprint density at radius 1 is 1.00 bits per heavy atom. The van der Waals surface area contributed by atoms with Crippen LogP contribution in [-0.4, -0.2) is 42.0 Å². The first kappa shape index (κ1) is 26.7. The number of carbonyl (C=O) groups is 1. The summed E-state index contributed by atoms with van der Waals surface area (Å²) in [7, 11) is 3.34. The summed E-state index contributed by atoms with van der Waals surface area (Å²) >= 11 is 1.70. The molecular weight excluding hydrogens is 458 g/mol. The highest BCUT2D eigenvalue weighted by Gasteiger charge is 2.20. The van der Waals surface area contributed by atoms with Gasteiger partial charge in [0.05, 0.1) is 25.6 Å². The van der Waals surface area contributed by atoms with E-state index in [0.717, 1.165) is 70.9 Å². The molecule has 2 aromatic carbocycles. The van der Waals surface area contributed by atoms with Gasteiger partial charge < -0.3 is 19.4 Å². The van der Waals surface area contributed by atoms with E-state index in [4.69, 9.17) is 14.5 Å². The molecular formula is C28H37N3O3S. The maximum atomic E-state index is 12.1. The minimum absolute atomic E-state index is 0.128. The maximum Gasteiger partial charge on any atom is 0.220 e. The van der Waals surface area contributed by atoms with Crippen LogP contribution >= 0.6 is 11.8 Å². The number of nitrogens with zero attached hydrogens (tertiary/aromatic N) is 2. The predicted octanol–water partition coefficient (Wildman–Crippen LogP) is 6.29. The molecule has 35 heavy (non-hydrogen) atoms. The summed E-state index contributed by atoms with van der Waals surface area (Å²) in [5.74, 6) is 3.19. The first-order valence-corrected chi connectivity index (χ1v) is 13.2. The number of imidazole rings is 1. The van der Waals surface area contributed by atoms with Gasteiger partial charge in [0.15, 0.2) is 5.16 Å². The third kappa shape index (κ3) is 7.28. The van der Waals surface area contributed by atoms with E-state index in [-0.39, 0.29) is 5.91 Å². The number of aromatic nitrogens is 2. The highest BCUT2D eigenvalue weighted by Crippen LogP contribution is 2.37. The van der Waals surface area contributed by atoms with Crippen molar-refractivity contribution in [3.05, 3.63) is 48.5 Å². The molecule has 3 aromatic rings. The molecule has 188 valence electrons. The largest absolute Gasteiger partial charge is 0.497 e. The average Bonchev–Trinajstić information content (AvgIpc) is 3.25. The fraction of sp³-hybridized carbons (Fsp3) is 0.429. The van der Waals surface area contributed by atoms with Crippen molar-refractivity contribution in [2.24, 2.45) is 5.92 Å². The lowest BCUT2D eigenvalue weighted by molar-refractivity contribution is -0.121. The number of rotatable bonds is 13. The topological polar surface area (TPSA) is 65.4 Å². The number of benzene rings is 2. The highest BCUT2D eigenvalue weighted by atomic mass is 32.2. The second-order valence-electron chi connectivity index (χ2n) is 8.78. The summed E-state index contributed by atoms with van der Waals surface area (Å²) in [5.41, 5.74) is 4.14. The Kier molecular flexibility index (Phi) is 10.1. The van der Waals surface area contributed by atoms with Crippen LogP contribution in [0.4, 0.5) is 0 Å². The van der Waals surface area contributed by atoms with E-state index in [0.29, 0.717) is 12.3 Å². The fourth-order valence-corrected chi connectivity index (χ4v) is 4.82. The van der Waals surface area contributed by atoms with Gasteiger partial charge in [0.2, 0.25) is 5.91 Å². The van der Waals surface area contributed by atoms with Crippen LogP contribution in [0.25, 0.3) is 22.5 Å². The average molecular weight is 496 g/mol. The van der Waals surface area contributed by atoms with Gasteiger partial charge in [0.25, 0.3) is 0 Å². The fourth-order valence-electron chi connectivity index (χ4n) is 3.81. The predicted molar refractivity (Wildman–Crippen MR) is 144 cm³/mol. The summed E-state index contributed by atoms with van der Waals surface area (Å²) in [6.45, 7) is 8.01. The SMILES string of the molecule is CCn1c(SCCCC(=O)NCCC(C)C)nc(-c2ccc(OC)cc2)c1-c1ccc(OC)cc1. The van der Waals surface area contributed by atoms with Gasteiger partial charge in [-0.15, -0.1) is 0 Å². The number of carbonyl (C=O) groups excluding carboxylic acids is 1. The molecule has 0 saturated heterocycles. The number of nitrogens with one attached hydrogen (secondary N) is 1. The molecule has 0 atom stereocenters. The summed E-state index contributed by atoms with van der Waals surface area (Å²) in [5, 5.41) is 3.98. The smallest absolute Gasteiger partial charge is 0.220 e. The summed E-state index contributed by atoms with van der Waals surface area (Å²) < 4.78 is 13.0. The van der Waals surface area contributed by atoms with Gasteiger partial charge in [-0.1, -0.05) is 25.6 Å². The van der Waals surface area contributed by atoms with Crippen molar-refractivity contribution < 1.29 is 14.3 Å². The summed E-state index contributed by atoms with van der Waals surface area (Å²) in [4.78, 5) is 17.2. The Hall–Kier alpha value is -2.93. The van der Waals surface area contributed by atoms with Crippen LogP contribution in [0.3, 0.4) is 0 Å². The zero-order valence-corrected chi connectivity index (χ0v) is 22.3. The number of ether oxygens (including phenoxy) is 2. The van der Waals surface area contributed by atoms with Gasteiger partial charge in [-0.3, -0.25) is 4.79 Å². The second kappa shape index (κ2) is 13.2. The molecule has 6 nitrogen and oxygen atoms in total. The van der Waals surface area contributed by atoms with Gasteiger partial charge >= 0.3 is 0 Å². The molecule has 0 saturated carbocycles. The summed E-state index contributed by atoms with van der Waals surface area (Å²) in [6.07, 6.45) is 2.36. The van der Waals surface area contributed by atoms with Crippen molar-refractivity contribution in [1.82, 2.24) is 14.9 Å². The number of methoxy groups -OCH3 is 2. The minimum Gasteiger partial charge on any atom is -0.497 e. The van der Waals surface area contributed by atoms with Crippen LogP contribution < -0.4 is 14.8 Å². The zero-order chi connectivity index (χ0) is 25.2. The lowest BCUT2D eigenvalue weighted by atomic mass is 10.0. The Labute approximate surface area is 213 Å². The quantitative estimate of drug-likeness (QED) is 0.223. The molecule has 1 heterocycles. The van der Waals surface area contributed by atoms with Gasteiger partial charge in [-0.05, 0) is 74.2 Å². The second-order valence-corrected chi connectivity index (χ2v) is 9.84. The molecule has 0 aliphatic rings. The molecule has 3 rings (SSSR count). The molecule has 0 radical (unpaired) electrons. The first-order chi connectivity index (χ1) is 17.0. The van der Waals surface area contributed by atoms with E-state index < -0.39 is 0 Å². The van der Waals surface area contributed by atoms with Gasteiger partial charge in [0.1, 0.15) is 11.5 Å². The van der Waals surface area contributed by atoms with E-state index in [2.05, 4.69) is 42.8 Å². The third-order valence-electron chi connectivity index (χ3n) is 5.80. The summed E-state index contributed by atoms with van der Waals surface area (Å²) in [6, 6.07) is 16.1. The van der Waals surface area contributed by atoms with E-state index in [9.17, 15) is 4.79 Å². The molecule has 0 fully saturated rings. The molecule has 0 bridgehead atoms. The number of hydrogen-bond donors (Lipinski definition) is 1. The lowest BCUT2D eigenvalue weighted by Crippen LogP contribution is -2.25. The molecule has 1 N–H and O–H groups in total. The van der Waals surface area contributed by atoms with Crippen LogP contribution in [0.5, 0.6) is 11.5 Å². The van der Waals surface area contributed by atoms with Crippen LogP contribution in [-0.2, 0) is 11.3 Å². The van der Waals surface area contributed by atoms with Crippen LogP contribution in [0.15, 0.2) is 53.7 Å². The van der Waals surface area contributed by atoms with Crippen molar-refractivity contribution in [2.45, 2.75) is 51.7 Å². The highest BCUT2D eigenvalue weighted by molar-refractivity contribution is 7.99. The minimum atomic E-state index is 0.128. The van der Waals surface area contributed by atoms with E-state index in [1.165, 1.54) is 0 Å².